The van der Waals surface area contributed by atoms with E-state index in [-0.39, 0.29) is 0 Å². The van der Waals surface area contributed by atoms with Gasteiger partial charge in [0.25, 0.3) is 0 Å². The molecular weight excluding hydrogens is 372 g/mol. The van der Waals surface area contributed by atoms with Crippen molar-refractivity contribution in [1.29, 1.82) is 0 Å². The first-order valence-corrected chi connectivity index (χ1v) is 7.14. The van der Waals surface area contributed by atoms with Gasteiger partial charge in [-0.25, -0.2) is 4.79 Å². The summed E-state index contributed by atoms with van der Waals surface area (Å²) in [5.74, 6) is 0.0692. The van der Waals surface area contributed by atoms with Crippen LogP contribution in [0.1, 0.15) is 5.56 Å². The lowest BCUT2D eigenvalue weighted by Crippen LogP contribution is -2.04. The molecule has 0 N–H and O–H groups in total. The van der Waals surface area contributed by atoms with Gasteiger partial charge in [-0.2, -0.15) is 0 Å². The van der Waals surface area contributed by atoms with E-state index in [9.17, 15) is 4.79 Å². The second-order valence-corrected chi connectivity index (χ2v) is 5.36. The van der Waals surface area contributed by atoms with Crippen molar-refractivity contribution in [3.63, 3.8) is 0 Å². The molecule has 0 radical (unpaired) electrons. The molecule has 19 heavy (non-hydrogen) atoms. The van der Waals surface area contributed by atoms with E-state index in [1.54, 1.807) is 18.2 Å². The molecule has 0 spiro atoms. The minimum atomic E-state index is -0.414. The molecule has 0 atom stereocenters. The highest BCUT2D eigenvalue weighted by molar-refractivity contribution is 9.13. The van der Waals surface area contributed by atoms with Crippen LogP contribution in [0.4, 0.5) is 0 Å². The Labute approximate surface area is 128 Å². The summed E-state index contributed by atoms with van der Waals surface area (Å²) < 4.78 is 6.80. The Balaban J connectivity index is 2.06. The normalized spacial score (nSPS) is 10.6. The molecule has 0 saturated carbocycles. The summed E-state index contributed by atoms with van der Waals surface area (Å²) in [4.78, 5) is 11.7. The predicted molar refractivity (Wildman–Crippen MR) is 83.0 cm³/mol. The number of esters is 1. The lowest BCUT2D eigenvalue weighted by molar-refractivity contribution is -0.128. The van der Waals surface area contributed by atoms with Crippen molar-refractivity contribution in [3.05, 3.63) is 69.1 Å². The van der Waals surface area contributed by atoms with Crippen LogP contribution in [-0.4, -0.2) is 5.97 Å². The van der Waals surface area contributed by atoms with Gasteiger partial charge in [0.15, 0.2) is 0 Å². The lowest BCUT2D eigenvalue weighted by Gasteiger charge is -2.05. The Morgan fingerprint density at radius 3 is 2.47 bits per heavy atom. The molecule has 0 saturated heterocycles. The molecule has 2 aromatic rings. The maximum absolute atomic E-state index is 11.7. The van der Waals surface area contributed by atoms with Crippen molar-refractivity contribution in [2.75, 3.05) is 0 Å². The van der Waals surface area contributed by atoms with E-state index < -0.39 is 5.97 Å². The fraction of sp³-hybridized carbons (Fsp3) is 0. The number of ether oxygens (including phenoxy) is 1. The van der Waals surface area contributed by atoms with Gasteiger partial charge in [-0.3, -0.25) is 0 Å². The molecule has 0 aromatic heterocycles. The van der Waals surface area contributed by atoms with E-state index >= 15 is 0 Å². The average molecular weight is 382 g/mol. The number of rotatable bonds is 3. The molecule has 0 unspecified atom stereocenters. The number of benzene rings is 2. The zero-order valence-corrected chi connectivity index (χ0v) is 13.0. The van der Waals surface area contributed by atoms with Crippen molar-refractivity contribution >= 4 is 43.9 Å². The van der Waals surface area contributed by atoms with Crippen molar-refractivity contribution in [3.8, 4) is 5.75 Å². The number of hydrogen-bond donors (Lipinski definition) is 0. The molecule has 4 heteroatoms. The molecule has 2 rings (SSSR count). The summed E-state index contributed by atoms with van der Waals surface area (Å²) in [6, 6.07) is 15.0. The van der Waals surface area contributed by atoms with Gasteiger partial charge < -0.3 is 4.74 Å². The summed E-state index contributed by atoms with van der Waals surface area (Å²) in [6.07, 6.45) is 3.12. The first-order chi connectivity index (χ1) is 9.16. The minimum absolute atomic E-state index is 0.414. The van der Waals surface area contributed by atoms with Gasteiger partial charge in [0.05, 0.1) is 4.47 Å². The van der Waals surface area contributed by atoms with Crippen LogP contribution >= 0.6 is 31.9 Å². The molecule has 96 valence electrons. The van der Waals surface area contributed by atoms with Crippen LogP contribution in [-0.2, 0) is 4.79 Å². The SMILES string of the molecule is O=C(C=Cc1ccccc1)Oc1cccc(Br)c1Br. The third-order valence-electron chi connectivity index (χ3n) is 2.34. The van der Waals surface area contributed by atoms with Crippen LogP contribution < -0.4 is 4.74 Å². The molecule has 2 aromatic carbocycles. The van der Waals surface area contributed by atoms with Crippen LogP contribution in [0.5, 0.6) is 5.75 Å². The van der Waals surface area contributed by atoms with Gasteiger partial charge in [-0.05, 0) is 55.6 Å². The Morgan fingerprint density at radius 1 is 1.00 bits per heavy atom. The molecule has 0 aliphatic rings. The van der Waals surface area contributed by atoms with Gasteiger partial charge in [-0.1, -0.05) is 36.4 Å². The number of carbonyl (C=O) groups excluding carboxylic acids is 1. The minimum Gasteiger partial charge on any atom is -0.422 e. The molecule has 0 fully saturated rings. The fourth-order valence-corrected chi connectivity index (χ4v) is 2.13. The second-order valence-electron chi connectivity index (χ2n) is 3.72. The summed E-state index contributed by atoms with van der Waals surface area (Å²) in [5.41, 5.74) is 0.952. The molecule has 0 bridgehead atoms. The Kier molecular flexibility index (Phi) is 4.93. The third kappa shape index (κ3) is 4.04. The van der Waals surface area contributed by atoms with Crippen molar-refractivity contribution < 1.29 is 9.53 Å². The lowest BCUT2D eigenvalue weighted by atomic mass is 10.2. The number of carbonyl (C=O) groups is 1. The van der Waals surface area contributed by atoms with Gasteiger partial charge >= 0.3 is 5.97 Å². The Bertz CT molecular complexity index is 607. The second kappa shape index (κ2) is 6.68. The van der Waals surface area contributed by atoms with Gasteiger partial charge in [0.2, 0.25) is 0 Å². The van der Waals surface area contributed by atoms with Crippen molar-refractivity contribution in [2.24, 2.45) is 0 Å². The van der Waals surface area contributed by atoms with Crippen LogP contribution in [0.2, 0.25) is 0 Å². The largest absolute Gasteiger partial charge is 0.422 e. The van der Waals surface area contributed by atoms with Crippen LogP contribution in [0.15, 0.2) is 63.6 Å². The Morgan fingerprint density at radius 2 is 1.74 bits per heavy atom. The summed E-state index contributed by atoms with van der Waals surface area (Å²) in [5, 5.41) is 0. The molecule has 0 aliphatic heterocycles. The van der Waals surface area contributed by atoms with Crippen LogP contribution in [0.3, 0.4) is 0 Å². The summed E-state index contributed by atoms with van der Waals surface area (Å²) in [7, 11) is 0. The van der Waals surface area contributed by atoms with Crippen LogP contribution in [0.25, 0.3) is 6.08 Å². The fourth-order valence-electron chi connectivity index (χ4n) is 1.43. The smallest absolute Gasteiger partial charge is 0.336 e. The van der Waals surface area contributed by atoms with Crippen LogP contribution in [0, 0.1) is 0 Å². The monoisotopic (exact) mass is 380 g/mol. The summed E-state index contributed by atoms with van der Waals surface area (Å²) >= 11 is 6.71. The van der Waals surface area contributed by atoms with Crippen molar-refractivity contribution in [2.45, 2.75) is 0 Å². The van der Waals surface area contributed by atoms with Gasteiger partial charge in [0, 0.05) is 10.5 Å². The number of hydrogen-bond acceptors (Lipinski definition) is 2. The Hall–Kier alpha value is -1.39. The standard InChI is InChI=1S/C15H10Br2O2/c16-12-7-4-8-13(15(12)17)19-14(18)10-9-11-5-2-1-3-6-11/h1-10H. The zero-order chi connectivity index (χ0) is 13.7. The first-order valence-electron chi connectivity index (χ1n) is 5.56. The first kappa shape index (κ1) is 14.0. The maximum atomic E-state index is 11.7. The predicted octanol–water partition coefficient (Wildman–Crippen LogP) is 4.83. The summed E-state index contributed by atoms with van der Waals surface area (Å²) in [6.45, 7) is 0. The number of halogens is 2. The average Bonchev–Trinajstić information content (AvgIpc) is 2.43. The maximum Gasteiger partial charge on any atom is 0.336 e. The highest BCUT2D eigenvalue weighted by atomic mass is 79.9. The molecule has 0 aliphatic carbocycles. The molecule has 0 amide bonds. The van der Waals surface area contributed by atoms with E-state index in [1.807, 2.05) is 36.4 Å². The van der Waals surface area contributed by atoms with E-state index in [0.717, 1.165) is 14.5 Å². The van der Waals surface area contributed by atoms with Gasteiger partial charge in [0.1, 0.15) is 5.75 Å². The van der Waals surface area contributed by atoms with E-state index in [1.165, 1.54) is 6.08 Å². The van der Waals surface area contributed by atoms with E-state index in [2.05, 4.69) is 31.9 Å². The molecule has 0 heterocycles. The quantitative estimate of drug-likeness (QED) is 0.432. The molecule has 2 nitrogen and oxygen atoms in total. The van der Waals surface area contributed by atoms with Gasteiger partial charge in [-0.15, -0.1) is 0 Å². The van der Waals surface area contributed by atoms with E-state index in [0.29, 0.717) is 5.75 Å². The highest BCUT2D eigenvalue weighted by Gasteiger charge is 2.07. The highest BCUT2D eigenvalue weighted by Crippen LogP contribution is 2.32. The third-order valence-corrected chi connectivity index (χ3v) is 4.35. The zero-order valence-electron chi connectivity index (χ0n) is 9.85. The van der Waals surface area contributed by atoms with E-state index in [4.69, 9.17) is 4.74 Å². The molecular formula is C15H10Br2O2. The topological polar surface area (TPSA) is 26.3 Å². The van der Waals surface area contributed by atoms with Crippen molar-refractivity contribution in [1.82, 2.24) is 0 Å².